The maximum atomic E-state index is 14.8. The van der Waals surface area contributed by atoms with Gasteiger partial charge in [-0.25, -0.2) is 9.78 Å². The van der Waals surface area contributed by atoms with Gasteiger partial charge in [0.15, 0.2) is 11.9 Å². The number of imidazole rings is 1. The second-order valence-electron chi connectivity index (χ2n) is 30.2. The molecule has 0 saturated carbocycles. The number of likely N-dealkylation sites (tertiary alicyclic amines) is 2. The van der Waals surface area contributed by atoms with Gasteiger partial charge in [0.25, 0.3) is 0 Å². The molecule has 3 heterocycles. The number of nitrogens with one attached hydrogen (secondary N) is 17. The van der Waals surface area contributed by atoms with Crippen LogP contribution >= 0.6 is 12.6 Å². The number of guanidine groups is 2. The first-order chi connectivity index (χ1) is 58.3. The molecule has 123 heavy (non-hydrogen) atoms. The Morgan fingerprint density at radius 2 is 0.959 bits per heavy atom. The van der Waals surface area contributed by atoms with Gasteiger partial charge in [-0.2, -0.15) is 12.6 Å². The van der Waals surface area contributed by atoms with Crippen LogP contribution in [0.5, 0.6) is 0 Å². The molecule has 15 amide bonds. The van der Waals surface area contributed by atoms with E-state index in [2.05, 4.69) is 97.0 Å². The van der Waals surface area contributed by atoms with Gasteiger partial charge in [0.2, 0.25) is 88.6 Å². The molecule has 0 aliphatic carbocycles. The highest BCUT2D eigenvalue weighted by molar-refractivity contribution is 7.80. The van der Waals surface area contributed by atoms with Gasteiger partial charge in [-0.3, -0.25) is 92.3 Å². The number of aliphatic carboxylic acids is 3. The quantitative estimate of drug-likeness (QED) is 0.0127. The number of carbonyl (C=O) groups excluding carboxylic acids is 15. The molecule has 1 aromatic heterocycles. The lowest BCUT2D eigenvalue weighted by atomic mass is 9.96. The van der Waals surface area contributed by atoms with E-state index in [4.69, 9.17) is 44.6 Å². The van der Waals surface area contributed by atoms with Crippen molar-refractivity contribution in [1.29, 1.82) is 10.8 Å². The average molecular weight is 1750 g/mol. The van der Waals surface area contributed by atoms with Crippen molar-refractivity contribution in [2.24, 2.45) is 40.5 Å². The molecule has 0 spiro atoms. The number of amides is 15. The maximum Gasteiger partial charge on any atom is 0.326 e. The summed E-state index contributed by atoms with van der Waals surface area (Å²) in [6.07, 6.45) is 1.23. The Kier molecular flexibility index (Phi) is 44.8. The van der Waals surface area contributed by atoms with Crippen LogP contribution in [0.15, 0.2) is 42.9 Å². The Bertz CT molecular complexity index is 3980. The Hall–Kier alpha value is -12.3. The van der Waals surface area contributed by atoms with Gasteiger partial charge in [0.05, 0.1) is 31.2 Å². The highest BCUT2D eigenvalue weighted by Crippen LogP contribution is 2.23. The summed E-state index contributed by atoms with van der Waals surface area (Å²) >= 11 is 4.26. The van der Waals surface area contributed by atoms with Crippen molar-refractivity contribution in [3.8, 4) is 0 Å². The predicted molar refractivity (Wildman–Crippen MR) is 444 cm³/mol. The van der Waals surface area contributed by atoms with Crippen molar-refractivity contribution in [3.05, 3.63) is 54.1 Å². The molecule has 4 rings (SSSR count). The number of hydrogen-bond donors (Lipinski definition) is 26. The fourth-order valence-corrected chi connectivity index (χ4v) is 13.6. The average Bonchev–Trinajstić information content (AvgIpc) is 1.70. The molecule has 2 aromatic rings. The maximum absolute atomic E-state index is 14.8. The number of unbranched alkanes of at least 4 members (excludes halogenated alkanes) is 1. The molecule has 0 bridgehead atoms. The molecule has 2 aliphatic rings. The molecule has 1 aromatic carbocycles. The number of rotatable bonds is 56. The minimum atomic E-state index is -1.74. The summed E-state index contributed by atoms with van der Waals surface area (Å²) in [4.78, 5) is 254. The van der Waals surface area contributed by atoms with Gasteiger partial charge in [-0.1, -0.05) is 64.4 Å². The lowest BCUT2D eigenvalue weighted by Gasteiger charge is -2.32. The number of carboxylic acid groups (broad SMARTS) is 3. The minimum Gasteiger partial charge on any atom is -0.481 e. The van der Waals surface area contributed by atoms with E-state index in [0.29, 0.717) is 31.2 Å². The fourth-order valence-electron chi connectivity index (χ4n) is 13.3. The number of carboxylic acids is 3. The van der Waals surface area contributed by atoms with Gasteiger partial charge >= 0.3 is 17.9 Å². The third-order valence-electron chi connectivity index (χ3n) is 20.3. The number of primary amides is 1. The van der Waals surface area contributed by atoms with Gasteiger partial charge < -0.3 is 133 Å². The van der Waals surface area contributed by atoms with E-state index in [1.807, 2.05) is 0 Å². The molecule has 47 heteroatoms. The van der Waals surface area contributed by atoms with Crippen LogP contribution in [-0.2, 0) is 99.1 Å². The van der Waals surface area contributed by atoms with Gasteiger partial charge in [-0.05, 0) is 114 Å². The first-order valence-corrected chi connectivity index (χ1v) is 41.3. The summed E-state index contributed by atoms with van der Waals surface area (Å²) in [7, 11) is 0. The van der Waals surface area contributed by atoms with E-state index in [0.717, 1.165) is 0 Å². The van der Waals surface area contributed by atoms with Crippen LogP contribution in [0.4, 0.5) is 0 Å². The van der Waals surface area contributed by atoms with E-state index in [1.165, 1.54) is 22.3 Å². The number of nitrogens with zero attached hydrogens (tertiary/aromatic N) is 3. The number of thiol groups is 1. The number of H-pyrrole nitrogens is 1. The van der Waals surface area contributed by atoms with Crippen LogP contribution in [0.2, 0.25) is 0 Å². The normalized spacial score (nSPS) is 16.5. The number of aromatic amines is 1. The van der Waals surface area contributed by atoms with Crippen LogP contribution in [0.25, 0.3) is 0 Å². The molecular weight excluding hydrogens is 1630 g/mol. The van der Waals surface area contributed by atoms with Crippen molar-refractivity contribution in [1.82, 2.24) is 94.2 Å². The number of benzene rings is 1. The van der Waals surface area contributed by atoms with Crippen molar-refractivity contribution in [2.75, 3.05) is 51.6 Å². The zero-order chi connectivity index (χ0) is 91.6. The zero-order valence-electron chi connectivity index (χ0n) is 69.4. The Labute approximate surface area is 715 Å². The highest BCUT2D eigenvalue weighted by atomic mass is 32.1. The summed E-state index contributed by atoms with van der Waals surface area (Å²) in [6, 6.07) is -10.2. The van der Waals surface area contributed by atoms with Gasteiger partial charge in [0, 0.05) is 70.2 Å². The summed E-state index contributed by atoms with van der Waals surface area (Å²) in [5.41, 5.74) is 28.6. The Morgan fingerprint density at radius 1 is 0.512 bits per heavy atom. The number of hydrogen-bond acceptors (Lipinski definition) is 24. The van der Waals surface area contributed by atoms with E-state index >= 15 is 0 Å². The Morgan fingerprint density at radius 3 is 1.46 bits per heavy atom. The van der Waals surface area contributed by atoms with E-state index in [9.17, 15) is 96.5 Å². The summed E-state index contributed by atoms with van der Waals surface area (Å²) in [5.74, 6) is -19.9. The number of carbonyl (C=O) groups is 18. The SMILES string of the molecule is CC[C@H](C)[C@H](NC(=O)[C@H](CCCNC(=N)N)NC(=O)[C@H](Cc1ccccc1)NC(=O)[C@H](Cc1c[nH]cn1)NC(=O)[C@H](CCC(=O)O)NC(=O)CNC(=O)[C@H](CS)NC(=O)[C@@H]1CCCN1C(=O)[C@@H](NC(=O)[C@H](CCCCN)NC(=O)CNC(=O)[C@H](CCC(N)=O)NC(=O)[C@@H]1CCCN1C(=O)[C@@H](N)CCC(=O)O)C(C)C)C(=O)N[C@@H](CCCNC(=N)N)C(=O)O. The van der Waals surface area contributed by atoms with Crippen molar-refractivity contribution < 1.29 is 102 Å². The molecule has 2 aliphatic heterocycles. The first-order valence-electron chi connectivity index (χ1n) is 40.7. The van der Waals surface area contributed by atoms with Gasteiger partial charge in [0.1, 0.15) is 72.5 Å². The van der Waals surface area contributed by atoms with E-state index < -0.39 is 248 Å². The largest absolute Gasteiger partial charge is 0.481 e. The molecule has 2 saturated heterocycles. The Balaban J connectivity index is 1.48. The molecular formula is C76H121N25O21S. The second kappa shape index (κ2) is 53.5. The lowest BCUT2D eigenvalue weighted by molar-refractivity contribution is -0.143. The standard InChI is InChI=1S/C76H121N25O21S/c1-5-41(4)61(71(118)94-49(74(121)122)19-12-30-86-76(82)83)99-66(113)46(18-11-29-85-75(80)81)92-67(114)50(33-42-15-7-6-8-16-42)95-68(115)51(34-43-35-84-39-89-43)96-64(111)48(24-27-59(107)108)91-57(104)37-88-63(110)52(38-123)97-70(117)54-21-14-32-101(54)73(120)60(40(2)3)98-65(112)45(17-9-10-28-77)90-56(103)36-87-62(109)47(23-25-55(79)102)93-69(116)53-20-13-31-100(53)72(119)44(78)22-26-58(105)106/h6-8,15-16,35,39-41,44-54,60-61,123H,5,9-14,17-34,36-38,77-78H2,1-4H3,(H2,79,102)(H,84,89)(H,87,109)(H,88,110)(H,90,103)(H,91,104)(H,92,114)(H,93,116)(H,94,118)(H,95,115)(H,96,111)(H,97,117)(H,98,112)(H,99,113)(H,105,106)(H,107,108)(H,121,122)(H4,80,81,85)(H4,82,83,86)/t41-,44-,45-,46-,47-,48-,49-,50-,51-,52-,53-,54-,60-,61-/m0/s1. The zero-order valence-corrected chi connectivity index (χ0v) is 70.3. The smallest absolute Gasteiger partial charge is 0.326 e. The van der Waals surface area contributed by atoms with Gasteiger partial charge in [-0.15, -0.1) is 0 Å². The molecule has 46 nitrogen and oxygen atoms in total. The first kappa shape index (κ1) is 103. The third kappa shape index (κ3) is 36.5. The van der Waals surface area contributed by atoms with Crippen molar-refractivity contribution >= 4 is 131 Å². The molecule has 2 fully saturated rings. The van der Waals surface area contributed by atoms with E-state index in [1.54, 1.807) is 58.0 Å². The topological polar surface area (TPSA) is 749 Å². The molecule has 14 atom stereocenters. The summed E-state index contributed by atoms with van der Waals surface area (Å²) in [6.45, 7) is 5.36. The monoisotopic (exact) mass is 1750 g/mol. The number of aromatic nitrogens is 2. The summed E-state index contributed by atoms with van der Waals surface area (Å²) < 4.78 is 0. The number of nitrogens with two attached hydrogens (primary N) is 5. The van der Waals surface area contributed by atoms with Crippen LogP contribution in [0.3, 0.4) is 0 Å². The van der Waals surface area contributed by atoms with Crippen LogP contribution in [0, 0.1) is 22.7 Å². The minimum absolute atomic E-state index is 0.00582. The van der Waals surface area contributed by atoms with Crippen LogP contribution in [0.1, 0.15) is 155 Å². The fraction of sp³-hybridized carbons (Fsp3) is 0.618. The third-order valence-corrected chi connectivity index (χ3v) is 20.7. The van der Waals surface area contributed by atoms with Crippen molar-refractivity contribution in [3.63, 3.8) is 0 Å². The summed E-state index contributed by atoms with van der Waals surface area (Å²) in [5, 5.41) is 79.3. The second-order valence-corrected chi connectivity index (χ2v) is 30.6. The van der Waals surface area contributed by atoms with Crippen molar-refractivity contribution in [2.45, 2.75) is 235 Å². The van der Waals surface area contributed by atoms with Crippen LogP contribution in [-0.4, -0.2) is 284 Å². The van der Waals surface area contributed by atoms with Crippen LogP contribution < -0.4 is 103 Å². The molecule has 0 radical (unpaired) electrons. The molecule has 0 unspecified atom stereocenters. The highest BCUT2D eigenvalue weighted by Gasteiger charge is 2.43. The predicted octanol–water partition coefficient (Wildman–Crippen LogP) is -7.05. The molecule has 682 valence electrons. The lowest BCUT2D eigenvalue weighted by Crippen LogP contribution is -2.61. The van der Waals surface area contributed by atoms with E-state index in [-0.39, 0.29) is 121 Å². The molecule has 30 N–H and O–H groups in total.